The van der Waals surface area contributed by atoms with Crippen molar-refractivity contribution >= 4 is 15.9 Å². The Morgan fingerprint density at radius 3 is 2.68 bits per heavy atom. The largest absolute Gasteiger partial charge is 0.313 e. The number of hydrogen-bond acceptors (Lipinski definition) is 1. The standard InChI is InChI=1S/C16H17BrFN/c1-11-6-7-15(18)9-13(11)10-16(19-2)12-4-3-5-14(17)8-12/h3-9,16,19H,10H2,1-2H3. The van der Waals surface area contributed by atoms with Gasteiger partial charge >= 0.3 is 0 Å². The Morgan fingerprint density at radius 1 is 1.21 bits per heavy atom. The molecule has 1 unspecified atom stereocenters. The summed E-state index contributed by atoms with van der Waals surface area (Å²) in [5.74, 6) is -0.176. The van der Waals surface area contributed by atoms with Crippen LogP contribution in [0.4, 0.5) is 4.39 Å². The molecule has 0 radical (unpaired) electrons. The first-order chi connectivity index (χ1) is 9.10. The predicted molar refractivity (Wildman–Crippen MR) is 80.8 cm³/mol. The van der Waals surface area contributed by atoms with Crippen molar-refractivity contribution in [3.05, 3.63) is 69.4 Å². The number of nitrogens with one attached hydrogen (secondary N) is 1. The summed E-state index contributed by atoms with van der Waals surface area (Å²) < 4.78 is 14.4. The molecule has 0 saturated heterocycles. The Kier molecular flexibility index (Phi) is 4.72. The van der Waals surface area contributed by atoms with Crippen molar-refractivity contribution in [3.63, 3.8) is 0 Å². The molecule has 0 aliphatic rings. The van der Waals surface area contributed by atoms with E-state index in [1.165, 1.54) is 11.6 Å². The van der Waals surface area contributed by atoms with Crippen LogP contribution in [-0.4, -0.2) is 7.05 Å². The summed E-state index contributed by atoms with van der Waals surface area (Å²) in [5, 5.41) is 3.30. The number of likely N-dealkylation sites (N-methyl/N-ethyl adjacent to an activating group) is 1. The lowest BCUT2D eigenvalue weighted by Crippen LogP contribution is -2.19. The molecule has 3 heteroatoms. The third-order valence-corrected chi connectivity index (χ3v) is 3.83. The van der Waals surface area contributed by atoms with Crippen molar-refractivity contribution in [1.29, 1.82) is 0 Å². The van der Waals surface area contributed by atoms with Gasteiger partial charge < -0.3 is 5.32 Å². The van der Waals surface area contributed by atoms with E-state index < -0.39 is 0 Å². The smallest absolute Gasteiger partial charge is 0.123 e. The van der Waals surface area contributed by atoms with E-state index in [2.05, 4.69) is 33.4 Å². The van der Waals surface area contributed by atoms with Gasteiger partial charge in [-0.3, -0.25) is 0 Å². The molecule has 2 aromatic carbocycles. The van der Waals surface area contributed by atoms with Crippen LogP contribution in [0.1, 0.15) is 22.7 Å². The number of benzene rings is 2. The van der Waals surface area contributed by atoms with Gasteiger partial charge in [0.15, 0.2) is 0 Å². The zero-order chi connectivity index (χ0) is 13.8. The second-order valence-electron chi connectivity index (χ2n) is 4.67. The van der Waals surface area contributed by atoms with Crippen LogP contribution in [0.25, 0.3) is 0 Å². The lowest BCUT2D eigenvalue weighted by atomic mass is 9.96. The van der Waals surface area contributed by atoms with Gasteiger partial charge in [-0.1, -0.05) is 34.1 Å². The molecular weight excluding hydrogens is 305 g/mol. The molecule has 1 N–H and O–H groups in total. The third-order valence-electron chi connectivity index (χ3n) is 3.33. The van der Waals surface area contributed by atoms with Gasteiger partial charge in [0, 0.05) is 10.5 Å². The van der Waals surface area contributed by atoms with E-state index in [1.54, 1.807) is 6.07 Å². The van der Waals surface area contributed by atoms with Crippen molar-refractivity contribution < 1.29 is 4.39 Å². The van der Waals surface area contributed by atoms with Gasteiger partial charge in [-0.2, -0.15) is 0 Å². The highest BCUT2D eigenvalue weighted by atomic mass is 79.9. The molecule has 1 nitrogen and oxygen atoms in total. The maximum absolute atomic E-state index is 13.3. The molecule has 0 spiro atoms. The Labute approximate surface area is 122 Å². The Balaban J connectivity index is 2.26. The highest BCUT2D eigenvalue weighted by Crippen LogP contribution is 2.23. The first-order valence-electron chi connectivity index (χ1n) is 6.28. The SMILES string of the molecule is CNC(Cc1cc(F)ccc1C)c1cccc(Br)c1. The van der Waals surface area contributed by atoms with Crippen LogP contribution in [0.2, 0.25) is 0 Å². The van der Waals surface area contributed by atoms with Gasteiger partial charge in [0.25, 0.3) is 0 Å². The summed E-state index contributed by atoms with van der Waals surface area (Å²) in [6, 6.07) is 13.3. The molecule has 0 bridgehead atoms. The Morgan fingerprint density at radius 2 is 2.00 bits per heavy atom. The molecule has 0 fully saturated rings. The lowest BCUT2D eigenvalue weighted by Gasteiger charge is -2.18. The van der Waals surface area contributed by atoms with Crippen molar-refractivity contribution in [2.24, 2.45) is 0 Å². The first-order valence-corrected chi connectivity index (χ1v) is 7.07. The Bertz CT molecular complexity index is 568. The molecule has 1 atom stereocenters. The number of hydrogen-bond donors (Lipinski definition) is 1. The van der Waals surface area contributed by atoms with Crippen LogP contribution in [0.5, 0.6) is 0 Å². The lowest BCUT2D eigenvalue weighted by molar-refractivity contribution is 0.582. The van der Waals surface area contributed by atoms with Gasteiger partial charge in [0.2, 0.25) is 0 Å². The molecule has 2 aromatic rings. The fourth-order valence-corrected chi connectivity index (χ4v) is 2.61. The summed E-state index contributed by atoms with van der Waals surface area (Å²) >= 11 is 3.48. The van der Waals surface area contributed by atoms with Crippen molar-refractivity contribution in [2.45, 2.75) is 19.4 Å². The maximum atomic E-state index is 13.3. The van der Waals surface area contributed by atoms with E-state index in [0.29, 0.717) is 0 Å². The minimum absolute atomic E-state index is 0.176. The van der Waals surface area contributed by atoms with Crippen LogP contribution in [0.3, 0.4) is 0 Å². The van der Waals surface area contributed by atoms with Gasteiger partial charge in [0.1, 0.15) is 5.82 Å². The second-order valence-corrected chi connectivity index (χ2v) is 5.59. The van der Waals surface area contributed by atoms with Gasteiger partial charge in [0.05, 0.1) is 0 Å². The molecule has 0 aliphatic carbocycles. The summed E-state index contributed by atoms with van der Waals surface area (Å²) in [6.45, 7) is 2.02. The molecule has 0 saturated carbocycles. The van der Waals surface area contributed by atoms with E-state index in [9.17, 15) is 4.39 Å². The van der Waals surface area contributed by atoms with E-state index in [0.717, 1.165) is 22.0 Å². The average Bonchev–Trinajstić information content (AvgIpc) is 2.39. The third kappa shape index (κ3) is 3.64. The maximum Gasteiger partial charge on any atom is 0.123 e. The highest BCUT2D eigenvalue weighted by molar-refractivity contribution is 9.10. The summed E-state index contributed by atoms with van der Waals surface area (Å²) in [6.07, 6.45) is 0.774. The molecular formula is C16H17BrFN. The molecule has 0 aliphatic heterocycles. The average molecular weight is 322 g/mol. The zero-order valence-electron chi connectivity index (χ0n) is 11.1. The van der Waals surface area contributed by atoms with Gasteiger partial charge in [-0.25, -0.2) is 4.39 Å². The quantitative estimate of drug-likeness (QED) is 0.880. The van der Waals surface area contributed by atoms with Crippen LogP contribution in [-0.2, 0) is 6.42 Å². The minimum Gasteiger partial charge on any atom is -0.313 e. The van der Waals surface area contributed by atoms with Crippen molar-refractivity contribution in [1.82, 2.24) is 5.32 Å². The fourth-order valence-electron chi connectivity index (χ4n) is 2.19. The minimum atomic E-state index is -0.176. The van der Waals surface area contributed by atoms with Crippen LogP contribution in [0.15, 0.2) is 46.9 Å². The fraction of sp³-hybridized carbons (Fsp3) is 0.250. The summed E-state index contributed by atoms with van der Waals surface area (Å²) in [7, 11) is 1.93. The topological polar surface area (TPSA) is 12.0 Å². The van der Waals surface area contributed by atoms with Crippen molar-refractivity contribution in [2.75, 3.05) is 7.05 Å². The highest BCUT2D eigenvalue weighted by Gasteiger charge is 2.12. The number of rotatable bonds is 4. The van der Waals surface area contributed by atoms with Crippen molar-refractivity contribution in [3.8, 4) is 0 Å². The second kappa shape index (κ2) is 6.31. The molecule has 100 valence electrons. The van der Waals surface area contributed by atoms with Gasteiger partial charge in [-0.15, -0.1) is 0 Å². The first kappa shape index (κ1) is 14.2. The van der Waals surface area contributed by atoms with E-state index >= 15 is 0 Å². The summed E-state index contributed by atoms with van der Waals surface area (Å²) in [5.41, 5.74) is 3.36. The Hall–Kier alpha value is -1.19. The molecule has 0 aromatic heterocycles. The predicted octanol–water partition coefficient (Wildman–Crippen LogP) is 4.40. The van der Waals surface area contributed by atoms with Crippen LogP contribution < -0.4 is 5.32 Å². The van der Waals surface area contributed by atoms with Gasteiger partial charge in [-0.05, 0) is 61.3 Å². The zero-order valence-corrected chi connectivity index (χ0v) is 12.7. The molecule has 0 amide bonds. The van der Waals surface area contributed by atoms with E-state index in [1.807, 2.05) is 32.2 Å². The monoisotopic (exact) mass is 321 g/mol. The van der Waals surface area contributed by atoms with Crippen LogP contribution >= 0.6 is 15.9 Å². The van der Waals surface area contributed by atoms with Crippen LogP contribution in [0, 0.1) is 12.7 Å². The normalized spacial score (nSPS) is 12.4. The van der Waals surface area contributed by atoms with E-state index in [-0.39, 0.29) is 11.9 Å². The number of halogens is 2. The molecule has 0 heterocycles. The molecule has 19 heavy (non-hydrogen) atoms. The summed E-state index contributed by atoms with van der Waals surface area (Å²) in [4.78, 5) is 0. The van der Waals surface area contributed by atoms with E-state index in [4.69, 9.17) is 0 Å². The molecule has 2 rings (SSSR count). The number of aryl methyl sites for hydroxylation is 1.